The number of aromatic nitrogens is 2. The molecule has 0 aromatic carbocycles. The number of rotatable bonds is 3. The normalized spacial score (nSPS) is 15.3. The van der Waals surface area contributed by atoms with Crippen LogP contribution in [0.1, 0.15) is 37.2 Å². The second-order valence-corrected chi connectivity index (χ2v) is 4.12. The summed E-state index contributed by atoms with van der Waals surface area (Å²) >= 11 is 0. The fraction of sp³-hybridized carbons (Fsp3) is 0.545. The topological polar surface area (TPSA) is 52.0 Å². The van der Waals surface area contributed by atoms with Crippen LogP contribution < -0.4 is 5.56 Å². The first-order valence-corrected chi connectivity index (χ1v) is 5.16. The minimum absolute atomic E-state index is 0.0000926. The lowest BCUT2D eigenvalue weighted by atomic mass is 10.2. The van der Waals surface area contributed by atoms with Crippen LogP contribution in [0.15, 0.2) is 11.0 Å². The third kappa shape index (κ3) is 1.98. The number of aryl methyl sites for hydroxylation is 1. The van der Waals surface area contributed by atoms with Crippen molar-refractivity contribution in [1.82, 2.24) is 9.55 Å². The average molecular weight is 206 g/mol. The molecule has 80 valence electrons. The van der Waals surface area contributed by atoms with E-state index in [1.165, 1.54) is 13.1 Å². The van der Waals surface area contributed by atoms with Crippen LogP contribution in [0.25, 0.3) is 0 Å². The second-order valence-electron chi connectivity index (χ2n) is 4.12. The van der Waals surface area contributed by atoms with Crippen LogP contribution in [0.5, 0.6) is 0 Å². The Hall–Kier alpha value is -1.45. The van der Waals surface area contributed by atoms with Gasteiger partial charge in [0.2, 0.25) is 0 Å². The highest BCUT2D eigenvalue weighted by Gasteiger charge is 2.27. The van der Waals surface area contributed by atoms with E-state index in [0.29, 0.717) is 11.6 Å². The van der Waals surface area contributed by atoms with E-state index in [4.69, 9.17) is 0 Å². The van der Waals surface area contributed by atoms with Crippen LogP contribution in [0.3, 0.4) is 0 Å². The van der Waals surface area contributed by atoms with E-state index < -0.39 is 0 Å². The average Bonchev–Trinajstić information content (AvgIpc) is 2.94. The summed E-state index contributed by atoms with van der Waals surface area (Å²) in [6.45, 7) is 3.32. The Morgan fingerprint density at radius 2 is 2.27 bits per heavy atom. The van der Waals surface area contributed by atoms with Gasteiger partial charge in [0.25, 0.3) is 5.56 Å². The van der Waals surface area contributed by atoms with Crippen molar-refractivity contribution in [1.29, 1.82) is 0 Å². The standard InChI is InChI=1S/C11H14N2O2/c1-7(14)5-9-6-12-8(2)13(11(9)15)10-3-4-10/h6,10H,3-5H2,1-2H3. The van der Waals surface area contributed by atoms with Gasteiger partial charge in [-0.2, -0.15) is 0 Å². The number of hydrogen-bond acceptors (Lipinski definition) is 3. The molecule has 1 aromatic rings. The first-order valence-electron chi connectivity index (χ1n) is 5.16. The minimum Gasteiger partial charge on any atom is -0.300 e. The molecule has 1 fully saturated rings. The smallest absolute Gasteiger partial charge is 0.257 e. The number of carbonyl (C=O) groups is 1. The Labute approximate surface area is 88.0 Å². The quantitative estimate of drug-likeness (QED) is 0.741. The molecule has 0 N–H and O–H groups in total. The van der Waals surface area contributed by atoms with Gasteiger partial charge in [-0.3, -0.25) is 14.2 Å². The molecule has 0 atom stereocenters. The molecule has 0 unspecified atom stereocenters. The number of hydrogen-bond donors (Lipinski definition) is 0. The van der Waals surface area contributed by atoms with Crippen molar-refractivity contribution in [2.75, 3.05) is 0 Å². The first-order chi connectivity index (χ1) is 7.09. The summed E-state index contributed by atoms with van der Waals surface area (Å²) in [6, 6.07) is 0.317. The third-order valence-electron chi connectivity index (χ3n) is 2.60. The zero-order valence-electron chi connectivity index (χ0n) is 8.99. The summed E-state index contributed by atoms with van der Waals surface area (Å²) in [5.74, 6) is 0.745. The summed E-state index contributed by atoms with van der Waals surface area (Å²) in [5.41, 5.74) is 0.472. The Balaban J connectivity index is 2.45. The summed E-state index contributed by atoms with van der Waals surface area (Å²) in [4.78, 5) is 27.1. The molecule has 0 saturated heterocycles. The van der Waals surface area contributed by atoms with Gasteiger partial charge in [0.1, 0.15) is 11.6 Å². The molecule has 4 nitrogen and oxygen atoms in total. The third-order valence-corrected chi connectivity index (χ3v) is 2.60. The lowest BCUT2D eigenvalue weighted by Crippen LogP contribution is -2.27. The molecular formula is C11H14N2O2. The first kappa shape index (κ1) is 10.1. The number of nitrogens with zero attached hydrogens (tertiary/aromatic N) is 2. The van der Waals surface area contributed by atoms with E-state index in [0.717, 1.165) is 18.7 Å². The van der Waals surface area contributed by atoms with Gasteiger partial charge >= 0.3 is 0 Å². The van der Waals surface area contributed by atoms with E-state index in [1.807, 2.05) is 6.92 Å². The van der Waals surface area contributed by atoms with Gasteiger partial charge in [0, 0.05) is 24.2 Å². The van der Waals surface area contributed by atoms with Crippen molar-refractivity contribution in [3.63, 3.8) is 0 Å². The molecule has 1 aliphatic carbocycles. The van der Waals surface area contributed by atoms with Crippen LogP contribution in [-0.4, -0.2) is 15.3 Å². The van der Waals surface area contributed by atoms with Crippen molar-refractivity contribution in [2.24, 2.45) is 0 Å². The predicted molar refractivity (Wildman–Crippen MR) is 55.9 cm³/mol. The lowest BCUT2D eigenvalue weighted by molar-refractivity contribution is -0.116. The summed E-state index contributed by atoms with van der Waals surface area (Å²) in [7, 11) is 0. The fourth-order valence-corrected chi connectivity index (χ4v) is 1.74. The zero-order valence-corrected chi connectivity index (χ0v) is 8.99. The fourth-order valence-electron chi connectivity index (χ4n) is 1.74. The molecule has 4 heteroatoms. The molecule has 0 amide bonds. The van der Waals surface area contributed by atoms with Crippen molar-refractivity contribution >= 4 is 5.78 Å². The van der Waals surface area contributed by atoms with Crippen molar-refractivity contribution in [2.45, 2.75) is 39.2 Å². The van der Waals surface area contributed by atoms with Crippen LogP contribution in [0.4, 0.5) is 0 Å². The maximum Gasteiger partial charge on any atom is 0.257 e. The van der Waals surface area contributed by atoms with E-state index in [-0.39, 0.29) is 17.8 Å². The van der Waals surface area contributed by atoms with Crippen LogP contribution >= 0.6 is 0 Å². The largest absolute Gasteiger partial charge is 0.300 e. The number of ketones is 1. The van der Waals surface area contributed by atoms with Crippen molar-refractivity contribution < 1.29 is 4.79 Å². The summed E-state index contributed by atoms with van der Waals surface area (Å²) in [5, 5.41) is 0. The Bertz CT molecular complexity index is 458. The van der Waals surface area contributed by atoms with Crippen LogP contribution in [-0.2, 0) is 11.2 Å². The molecule has 1 aliphatic rings. The minimum atomic E-state index is -0.0415. The SMILES string of the molecule is CC(=O)Cc1cnc(C)n(C2CC2)c1=O. The van der Waals surface area contributed by atoms with Gasteiger partial charge in [-0.05, 0) is 26.7 Å². The number of Topliss-reactive ketones (excluding diaryl/α,β-unsaturated/α-hetero) is 1. The monoisotopic (exact) mass is 206 g/mol. The summed E-state index contributed by atoms with van der Waals surface area (Å²) in [6.07, 6.45) is 3.81. The molecule has 1 heterocycles. The van der Waals surface area contributed by atoms with Crippen LogP contribution in [0.2, 0.25) is 0 Å². The molecule has 1 saturated carbocycles. The van der Waals surface area contributed by atoms with E-state index in [9.17, 15) is 9.59 Å². The van der Waals surface area contributed by atoms with Crippen molar-refractivity contribution in [3.8, 4) is 0 Å². The van der Waals surface area contributed by atoms with Gasteiger partial charge < -0.3 is 0 Å². The van der Waals surface area contributed by atoms with Crippen molar-refractivity contribution in [3.05, 3.63) is 27.9 Å². The predicted octanol–water partition coefficient (Wildman–Crippen LogP) is 1.02. The molecular weight excluding hydrogens is 192 g/mol. The highest BCUT2D eigenvalue weighted by atomic mass is 16.1. The van der Waals surface area contributed by atoms with Gasteiger partial charge in [0.15, 0.2) is 0 Å². The maximum absolute atomic E-state index is 12.0. The van der Waals surface area contributed by atoms with Gasteiger partial charge in [0.05, 0.1) is 0 Å². The van der Waals surface area contributed by atoms with Gasteiger partial charge in [-0.25, -0.2) is 4.98 Å². The molecule has 0 spiro atoms. The summed E-state index contributed by atoms with van der Waals surface area (Å²) < 4.78 is 1.72. The van der Waals surface area contributed by atoms with E-state index in [1.54, 1.807) is 4.57 Å². The maximum atomic E-state index is 12.0. The number of carbonyl (C=O) groups excluding carboxylic acids is 1. The molecule has 2 rings (SSSR count). The Morgan fingerprint density at radius 1 is 1.60 bits per heavy atom. The van der Waals surface area contributed by atoms with Gasteiger partial charge in [-0.1, -0.05) is 0 Å². The van der Waals surface area contributed by atoms with E-state index in [2.05, 4.69) is 4.98 Å². The molecule has 1 aromatic heterocycles. The molecule has 0 bridgehead atoms. The van der Waals surface area contributed by atoms with Gasteiger partial charge in [-0.15, -0.1) is 0 Å². The highest BCUT2D eigenvalue weighted by Crippen LogP contribution is 2.33. The Morgan fingerprint density at radius 3 is 2.80 bits per heavy atom. The van der Waals surface area contributed by atoms with E-state index >= 15 is 0 Å². The molecule has 0 radical (unpaired) electrons. The lowest BCUT2D eigenvalue weighted by Gasteiger charge is -2.08. The Kier molecular flexibility index (Phi) is 2.42. The molecule has 15 heavy (non-hydrogen) atoms. The highest BCUT2D eigenvalue weighted by molar-refractivity contribution is 5.77. The molecule has 0 aliphatic heterocycles. The zero-order chi connectivity index (χ0) is 11.0. The second kappa shape index (κ2) is 3.61. The van der Waals surface area contributed by atoms with Crippen LogP contribution in [0, 0.1) is 6.92 Å².